The van der Waals surface area contributed by atoms with Gasteiger partial charge in [-0.05, 0) is 52.6 Å². The SMILES string of the molecule is COC(=O)c1cc(Cl)ccc1-c1ccc2c(c1)C(C)(C)c1cccc3c4ccccc4n-2c13. The maximum Gasteiger partial charge on any atom is 0.338 e. The van der Waals surface area contributed by atoms with Gasteiger partial charge in [0.1, 0.15) is 0 Å². The van der Waals surface area contributed by atoms with Gasteiger partial charge in [-0.1, -0.05) is 74.0 Å². The molecule has 162 valence electrons. The van der Waals surface area contributed by atoms with E-state index >= 15 is 0 Å². The number of rotatable bonds is 2. The molecule has 0 amide bonds. The van der Waals surface area contributed by atoms with Crippen molar-refractivity contribution in [3.8, 4) is 16.8 Å². The average Bonchev–Trinajstić information content (AvgIpc) is 3.17. The Morgan fingerprint density at radius 3 is 2.48 bits per heavy atom. The highest BCUT2D eigenvalue weighted by Crippen LogP contribution is 2.48. The Kier molecular flexibility index (Phi) is 4.24. The van der Waals surface area contributed by atoms with Crippen LogP contribution in [-0.2, 0) is 10.2 Å². The fourth-order valence-electron chi connectivity index (χ4n) is 5.36. The summed E-state index contributed by atoms with van der Waals surface area (Å²) < 4.78 is 7.41. The third-order valence-electron chi connectivity index (χ3n) is 6.98. The Morgan fingerprint density at radius 2 is 1.67 bits per heavy atom. The summed E-state index contributed by atoms with van der Waals surface area (Å²) >= 11 is 6.20. The van der Waals surface area contributed by atoms with Gasteiger partial charge in [0.2, 0.25) is 0 Å². The Morgan fingerprint density at radius 1 is 0.879 bits per heavy atom. The molecule has 0 atom stereocenters. The monoisotopic (exact) mass is 451 g/mol. The summed E-state index contributed by atoms with van der Waals surface area (Å²) in [6.45, 7) is 4.54. The van der Waals surface area contributed by atoms with Crippen molar-refractivity contribution in [3.63, 3.8) is 0 Å². The van der Waals surface area contributed by atoms with Crippen LogP contribution in [0.5, 0.6) is 0 Å². The quantitative estimate of drug-likeness (QED) is 0.260. The van der Waals surface area contributed by atoms with Gasteiger partial charge in [-0.2, -0.15) is 0 Å². The van der Waals surface area contributed by atoms with E-state index in [4.69, 9.17) is 16.3 Å². The van der Waals surface area contributed by atoms with E-state index in [0.29, 0.717) is 10.6 Å². The van der Waals surface area contributed by atoms with E-state index in [9.17, 15) is 4.79 Å². The molecule has 4 heteroatoms. The summed E-state index contributed by atoms with van der Waals surface area (Å²) in [6, 6.07) is 27.0. The number of ether oxygens (including phenoxy) is 1. The molecule has 0 saturated heterocycles. The molecule has 0 bridgehead atoms. The maximum absolute atomic E-state index is 12.5. The molecule has 0 radical (unpaired) electrons. The van der Waals surface area contributed by atoms with Crippen LogP contribution in [0.4, 0.5) is 0 Å². The van der Waals surface area contributed by atoms with Crippen molar-refractivity contribution in [2.75, 3.05) is 7.11 Å². The third kappa shape index (κ3) is 2.72. The van der Waals surface area contributed by atoms with Crippen molar-refractivity contribution >= 4 is 39.4 Å². The van der Waals surface area contributed by atoms with Crippen LogP contribution in [0, 0.1) is 0 Å². The first-order chi connectivity index (χ1) is 15.9. The summed E-state index contributed by atoms with van der Waals surface area (Å²) in [4.78, 5) is 12.5. The van der Waals surface area contributed by atoms with Gasteiger partial charge in [0.15, 0.2) is 0 Å². The van der Waals surface area contributed by atoms with Crippen LogP contribution in [-0.4, -0.2) is 17.6 Å². The second-order valence-electron chi connectivity index (χ2n) is 9.09. The number of nitrogens with zero attached hydrogens (tertiary/aromatic N) is 1. The van der Waals surface area contributed by atoms with Crippen LogP contribution in [0.1, 0.15) is 35.3 Å². The number of methoxy groups -OCH3 is 1. The van der Waals surface area contributed by atoms with Crippen molar-refractivity contribution in [2.24, 2.45) is 0 Å². The van der Waals surface area contributed by atoms with E-state index in [2.05, 4.69) is 79.1 Å². The zero-order chi connectivity index (χ0) is 22.9. The highest BCUT2D eigenvalue weighted by Gasteiger charge is 2.35. The summed E-state index contributed by atoms with van der Waals surface area (Å²) in [7, 11) is 1.39. The molecule has 0 N–H and O–H groups in total. The van der Waals surface area contributed by atoms with Crippen LogP contribution >= 0.6 is 11.6 Å². The maximum atomic E-state index is 12.5. The van der Waals surface area contributed by atoms with Crippen LogP contribution in [0.15, 0.2) is 78.9 Å². The fourth-order valence-corrected chi connectivity index (χ4v) is 5.54. The standard InChI is InChI=1S/C29H22ClNO2/c1-29(2)23-9-6-8-21-20-7-4-5-10-25(20)31(27(21)23)26-14-11-17(15-24(26)29)19-13-12-18(30)16-22(19)28(32)33-3/h4-16H,1-3H3. The van der Waals surface area contributed by atoms with E-state index < -0.39 is 5.97 Å². The molecule has 1 aromatic heterocycles. The number of hydrogen-bond donors (Lipinski definition) is 0. The first kappa shape index (κ1) is 20.1. The molecule has 0 fully saturated rings. The van der Waals surface area contributed by atoms with Crippen molar-refractivity contribution in [3.05, 3.63) is 101 Å². The first-order valence-electron chi connectivity index (χ1n) is 11.0. The lowest BCUT2D eigenvalue weighted by Gasteiger charge is -2.35. The summed E-state index contributed by atoms with van der Waals surface area (Å²) in [5.41, 5.74) is 8.17. The number of benzene rings is 4. The number of carbonyl (C=O) groups is 1. The number of carbonyl (C=O) groups excluding carboxylic acids is 1. The summed E-state index contributed by atoms with van der Waals surface area (Å²) in [5.74, 6) is -0.395. The van der Waals surface area contributed by atoms with Gasteiger partial charge in [-0.25, -0.2) is 4.79 Å². The smallest absolute Gasteiger partial charge is 0.338 e. The Labute approximate surface area is 197 Å². The molecule has 33 heavy (non-hydrogen) atoms. The molecule has 1 aliphatic rings. The van der Waals surface area contributed by atoms with Gasteiger partial charge in [0.25, 0.3) is 0 Å². The highest BCUT2D eigenvalue weighted by molar-refractivity contribution is 6.31. The molecule has 1 aliphatic heterocycles. The van der Waals surface area contributed by atoms with E-state index in [1.54, 1.807) is 6.07 Å². The number of fused-ring (bicyclic) bond motifs is 5. The van der Waals surface area contributed by atoms with Crippen molar-refractivity contribution in [1.29, 1.82) is 0 Å². The lowest BCUT2D eigenvalue weighted by Crippen LogP contribution is -2.26. The van der Waals surface area contributed by atoms with Crippen molar-refractivity contribution < 1.29 is 9.53 Å². The lowest BCUT2D eigenvalue weighted by atomic mass is 9.74. The highest BCUT2D eigenvalue weighted by atomic mass is 35.5. The molecule has 4 aromatic carbocycles. The molecular weight excluding hydrogens is 430 g/mol. The predicted molar refractivity (Wildman–Crippen MR) is 135 cm³/mol. The van der Waals surface area contributed by atoms with Crippen molar-refractivity contribution in [1.82, 2.24) is 4.57 Å². The second-order valence-corrected chi connectivity index (χ2v) is 9.53. The van der Waals surface area contributed by atoms with Crippen LogP contribution < -0.4 is 0 Å². The number of esters is 1. The Bertz CT molecular complexity index is 1610. The molecule has 0 unspecified atom stereocenters. The Hall–Kier alpha value is -3.56. The minimum absolute atomic E-state index is 0.215. The molecule has 0 spiro atoms. The molecular formula is C29H22ClNO2. The lowest BCUT2D eigenvalue weighted by molar-refractivity contribution is 0.0601. The van der Waals surface area contributed by atoms with E-state index in [1.165, 1.54) is 45.7 Å². The number of hydrogen-bond acceptors (Lipinski definition) is 2. The van der Waals surface area contributed by atoms with Gasteiger partial charge in [-0.3, -0.25) is 0 Å². The number of aromatic nitrogens is 1. The summed E-state index contributed by atoms with van der Waals surface area (Å²) in [5, 5.41) is 3.04. The van der Waals surface area contributed by atoms with Gasteiger partial charge in [0, 0.05) is 21.2 Å². The van der Waals surface area contributed by atoms with E-state index in [0.717, 1.165) is 11.1 Å². The Balaban J connectivity index is 1.68. The predicted octanol–water partition coefficient (Wildman–Crippen LogP) is 7.53. The minimum Gasteiger partial charge on any atom is -0.465 e. The van der Waals surface area contributed by atoms with Gasteiger partial charge in [-0.15, -0.1) is 0 Å². The molecule has 3 nitrogen and oxygen atoms in total. The van der Waals surface area contributed by atoms with Gasteiger partial charge in [0.05, 0.1) is 29.4 Å². The van der Waals surface area contributed by atoms with Gasteiger partial charge >= 0.3 is 5.97 Å². The molecule has 0 aliphatic carbocycles. The normalized spacial score (nSPS) is 13.8. The average molecular weight is 452 g/mol. The zero-order valence-corrected chi connectivity index (χ0v) is 19.4. The minimum atomic E-state index is -0.395. The zero-order valence-electron chi connectivity index (χ0n) is 18.6. The van der Waals surface area contributed by atoms with Gasteiger partial charge < -0.3 is 9.30 Å². The topological polar surface area (TPSA) is 31.2 Å². The second kappa shape index (κ2) is 6.97. The van der Waals surface area contributed by atoms with E-state index in [1.807, 2.05) is 12.1 Å². The van der Waals surface area contributed by atoms with E-state index in [-0.39, 0.29) is 5.41 Å². The fraction of sp³-hybridized carbons (Fsp3) is 0.138. The first-order valence-corrected chi connectivity index (χ1v) is 11.4. The summed E-state index contributed by atoms with van der Waals surface area (Å²) in [6.07, 6.45) is 0. The van der Waals surface area contributed by atoms with Crippen LogP contribution in [0.25, 0.3) is 38.6 Å². The molecule has 5 aromatic rings. The molecule has 0 saturated carbocycles. The van der Waals surface area contributed by atoms with Crippen LogP contribution in [0.2, 0.25) is 5.02 Å². The molecule has 2 heterocycles. The molecule has 6 rings (SSSR count). The third-order valence-corrected chi connectivity index (χ3v) is 7.21. The number of halogens is 1. The van der Waals surface area contributed by atoms with Crippen molar-refractivity contribution in [2.45, 2.75) is 19.3 Å². The largest absolute Gasteiger partial charge is 0.465 e. The number of para-hydroxylation sites is 2. The van der Waals surface area contributed by atoms with Crippen LogP contribution in [0.3, 0.4) is 0 Å².